The fourth-order valence-electron chi connectivity index (χ4n) is 3.13. The first-order chi connectivity index (χ1) is 8.20. The third-order valence-electron chi connectivity index (χ3n) is 3.94. The van der Waals surface area contributed by atoms with Gasteiger partial charge in [0.1, 0.15) is 6.54 Å². The molecule has 3 unspecified atom stereocenters. The van der Waals surface area contributed by atoms with Crippen molar-refractivity contribution in [2.24, 2.45) is 17.8 Å². The minimum absolute atomic E-state index is 0.125. The van der Waals surface area contributed by atoms with Crippen molar-refractivity contribution >= 4 is 11.8 Å². The molecule has 0 aromatic carbocycles. The quantitative estimate of drug-likeness (QED) is 0.540. The van der Waals surface area contributed by atoms with Crippen LogP contribution in [0.1, 0.15) is 25.7 Å². The van der Waals surface area contributed by atoms with E-state index in [2.05, 4.69) is 10.6 Å². The van der Waals surface area contributed by atoms with Crippen molar-refractivity contribution in [3.05, 3.63) is 0 Å². The van der Waals surface area contributed by atoms with E-state index in [0.717, 1.165) is 11.8 Å². The van der Waals surface area contributed by atoms with Crippen LogP contribution in [0.4, 0.5) is 0 Å². The van der Waals surface area contributed by atoms with Gasteiger partial charge in [-0.15, -0.1) is 0 Å². The Labute approximate surface area is 101 Å². The maximum Gasteiger partial charge on any atom is 0.310 e. The van der Waals surface area contributed by atoms with Crippen molar-refractivity contribution in [1.82, 2.24) is 10.6 Å². The Balaban J connectivity index is 1.70. The number of nitrogens with zero attached hydrogens (tertiary/aromatic N) is 1. The van der Waals surface area contributed by atoms with Gasteiger partial charge >= 0.3 is 11.8 Å². The Morgan fingerprint density at radius 1 is 1.18 bits per heavy atom. The summed E-state index contributed by atoms with van der Waals surface area (Å²) in [6, 6.07) is 1.76. The predicted molar refractivity (Wildman–Crippen MR) is 60.6 cm³/mol. The fraction of sp³-hybridized carbons (Fsp3) is 0.750. The molecule has 2 N–H and O–H groups in total. The van der Waals surface area contributed by atoms with Gasteiger partial charge < -0.3 is 10.6 Å². The van der Waals surface area contributed by atoms with Crippen LogP contribution in [-0.4, -0.2) is 24.9 Å². The molecular formula is C12H17N3O2. The molecule has 2 fully saturated rings. The smallest absolute Gasteiger partial charge is 0.310 e. The Kier molecular flexibility index (Phi) is 3.62. The zero-order valence-electron chi connectivity index (χ0n) is 9.74. The molecule has 0 aromatic heterocycles. The maximum absolute atomic E-state index is 11.4. The largest absolute Gasteiger partial charge is 0.348 e. The second-order valence-corrected chi connectivity index (χ2v) is 4.99. The van der Waals surface area contributed by atoms with Crippen molar-refractivity contribution in [3.63, 3.8) is 0 Å². The fourth-order valence-corrected chi connectivity index (χ4v) is 3.13. The highest BCUT2D eigenvalue weighted by Gasteiger charge is 2.39. The Hall–Kier alpha value is -1.57. The van der Waals surface area contributed by atoms with Gasteiger partial charge in [-0.25, -0.2) is 0 Å². The molecule has 5 nitrogen and oxygen atoms in total. The molecule has 0 aliphatic heterocycles. The minimum Gasteiger partial charge on any atom is -0.348 e. The molecule has 2 amide bonds. The lowest BCUT2D eigenvalue weighted by Gasteiger charge is -2.21. The van der Waals surface area contributed by atoms with Gasteiger partial charge in [-0.05, 0) is 37.0 Å². The van der Waals surface area contributed by atoms with Gasteiger partial charge in [0.2, 0.25) is 0 Å². The summed E-state index contributed by atoms with van der Waals surface area (Å²) in [7, 11) is 0. The molecule has 5 heteroatoms. The summed E-state index contributed by atoms with van der Waals surface area (Å²) in [4.78, 5) is 22.6. The van der Waals surface area contributed by atoms with Crippen LogP contribution in [0.25, 0.3) is 0 Å². The van der Waals surface area contributed by atoms with Crippen molar-refractivity contribution in [2.45, 2.75) is 25.7 Å². The first-order valence-electron chi connectivity index (χ1n) is 6.13. The van der Waals surface area contributed by atoms with E-state index in [1.165, 1.54) is 25.7 Å². The number of carbonyl (C=O) groups is 2. The van der Waals surface area contributed by atoms with E-state index in [1.54, 1.807) is 6.07 Å². The number of rotatable bonds is 3. The van der Waals surface area contributed by atoms with Gasteiger partial charge in [0.15, 0.2) is 0 Å². The lowest BCUT2D eigenvalue weighted by Crippen LogP contribution is -2.42. The van der Waals surface area contributed by atoms with E-state index in [0.29, 0.717) is 12.5 Å². The summed E-state index contributed by atoms with van der Waals surface area (Å²) in [5, 5.41) is 13.2. The molecule has 17 heavy (non-hydrogen) atoms. The highest BCUT2D eigenvalue weighted by atomic mass is 16.2. The SMILES string of the molecule is N#CCNC(=O)C(=O)NCC1CC2CCC1C2. The van der Waals surface area contributed by atoms with Crippen LogP contribution in [0.15, 0.2) is 0 Å². The predicted octanol–water partition coefficient (Wildman–Crippen LogP) is 0.179. The van der Waals surface area contributed by atoms with E-state index in [-0.39, 0.29) is 6.54 Å². The van der Waals surface area contributed by atoms with Crippen molar-refractivity contribution in [3.8, 4) is 6.07 Å². The zero-order valence-corrected chi connectivity index (χ0v) is 9.74. The van der Waals surface area contributed by atoms with E-state index in [4.69, 9.17) is 5.26 Å². The Morgan fingerprint density at radius 2 is 1.94 bits per heavy atom. The Bertz CT molecular complexity index is 361. The number of hydrogen-bond acceptors (Lipinski definition) is 3. The highest BCUT2D eigenvalue weighted by Crippen LogP contribution is 2.47. The second-order valence-electron chi connectivity index (χ2n) is 4.99. The number of carbonyl (C=O) groups excluding carboxylic acids is 2. The van der Waals surface area contributed by atoms with Crippen LogP contribution in [0.3, 0.4) is 0 Å². The zero-order chi connectivity index (χ0) is 12.3. The molecule has 92 valence electrons. The topological polar surface area (TPSA) is 82.0 Å². The first-order valence-corrected chi connectivity index (χ1v) is 6.13. The molecule has 0 spiro atoms. The number of amides is 2. The van der Waals surface area contributed by atoms with Gasteiger partial charge in [-0.3, -0.25) is 9.59 Å². The summed E-state index contributed by atoms with van der Waals surface area (Å²) < 4.78 is 0. The summed E-state index contributed by atoms with van der Waals surface area (Å²) >= 11 is 0. The molecule has 2 aliphatic carbocycles. The summed E-state index contributed by atoms with van der Waals surface area (Å²) in [6.07, 6.45) is 5.08. The van der Waals surface area contributed by atoms with E-state index in [1.807, 2.05) is 0 Å². The van der Waals surface area contributed by atoms with Crippen LogP contribution in [0.2, 0.25) is 0 Å². The molecule has 3 atom stereocenters. The summed E-state index contributed by atoms with van der Waals surface area (Å²) in [5.41, 5.74) is 0. The maximum atomic E-state index is 11.4. The molecule has 0 heterocycles. The van der Waals surface area contributed by atoms with Gasteiger partial charge in [-0.1, -0.05) is 6.42 Å². The average Bonchev–Trinajstić information content (AvgIpc) is 2.94. The lowest BCUT2D eigenvalue weighted by atomic mass is 9.89. The molecule has 2 bridgehead atoms. The van der Waals surface area contributed by atoms with E-state index >= 15 is 0 Å². The van der Waals surface area contributed by atoms with Gasteiger partial charge in [-0.2, -0.15) is 5.26 Å². The van der Waals surface area contributed by atoms with E-state index in [9.17, 15) is 9.59 Å². The number of fused-ring (bicyclic) bond motifs is 2. The number of hydrogen-bond donors (Lipinski definition) is 2. The van der Waals surface area contributed by atoms with Crippen LogP contribution in [0, 0.1) is 29.1 Å². The standard InChI is InChI=1S/C12H17N3O2/c13-3-4-14-11(16)12(17)15-7-10-6-8-1-2-9(10)5-8/h8-10H,1-2,4-7H2,(H,14,16)(H,15,17). The third-order valence-corrected chi connectivity index (χ3v) is 3.94. The van der Waals surface area contributed by atoms with Crippen molar-refractivity contribution in [2.75, 3.05) is 13.1 Å². The van der Waals surface area contributed by atoms with Crippen LogP contribution < -0.4 is 10.6 Å². The average molecular weight is 235 g/mol. The van der Waals surface area contributed by atoms with E-state index < -0.39 is 11.8 Å². The second kappa shape index (κ2) is 5.17. The number of nitriles is 1. The van der Waals surface area contributed by atoms with Crippen molar-refractivity contribution in [1.29, 1.82) is 5.26 Å². The molecular weight excluding hydrogens is 218 g/mol. The molecule has 0 aromatic rings. The van der Waals surface area contributed by atoms with Gasteiger partial charge in [0.05, 0.1) is 6.07 Å². The molecule has 2 saturated carbocycles. The van der Waals surface area contributed by atoms with Gasteiger partial charge in [0.25, 0.3) is 0 Å². The summed E-state index contributed by atoms with van der Waals surface area (Å²) in [5.74, 6) is 0.788. The van der Waals surface area contributed by atoms with Crippen LogP contribution >= 0.6 is 0 Å². The minimum atomic E-state index is -0.713. The first kappa shape index (κ1) is 11.9. The molecule has 0 radical (unpaired) electrons. The number of nitrogens with one attached hydrogen (secondary N) is 2. The monoisotopic (exact) mass is 235 g/mol. The Morgan fingerprint density at radius 3 is 2.53 bits per heavy atom. The highest BCUT2D eigenvalue weighted by molar-refractivity contribution is 6.35. The molecule has 2 rings (SSSR count). The van der Waals surface area contributed by atoms with Crippen LogP contribution in [0.5, 0.6) is 0 Å². The normalized spacial score (nSPS) is 29.7. The van der Waals surface area contributed by atoms with Gasteiger partial charge in [0, 0.05) is 6.54 Å². The third kappa shape index (κ3) is 2.76. The summed E-state index contributed by atoms with van der Waals surface area (Å²) in [6.45, 7) is 0.473. The lowest BCUT2D eigenvalue weighted by molar-refractivity contribution is -0.139. The molecule has 2 aliphatic rings. The van der Waals surface area contributed by atoms with Crippen LogP contribution in [-0.2, 0) is 9.59 Å². The van der Waals surface area contributed by atoms with Crippen molar-refractivity contribution < 1.29 is 9.59 Å². The molecule has 0 saturated heterocycles.